The topological polar surface area (TPSA) is 117 Å². The molecule has 0 aliphatic heterocycles. The lowest BCUT2D eigenvalue weighted by Crippen LogP contribution is -2.54. The highest BCUT2D eigenvalue weighted by Crippen LogP contribution is 2.15. The molecule has 2 atom stereocenters. The van der Waals surface area contributed by atoms with Crippen molar-refractivity contribution in [1.82, 2.24) is 10.6 Å². The van der Waals surface area contributed by atoms with E-state index in [0.717, 1.165) is 0 Å². The number of benzene rings is 1. The van der Waals surface area contributed by atoms with E-state index < -0.39 is 35.6 Å². The largest absolute Gasteiger partial charge is 0.444 e. The summed E-state index contributed by atoms with van der Waals surface area (Å²) in [6.07, 6.45) is -0.699. The molecule has 8 nitrogen and oxygen atoms in total. The standard InChI is InChI=1S/C20H31N3O5/c1-12(2)16(23-19(27)28-20(4,5)6)18(26)21-13(3)17(25)22-15-10-8-7-9-14(15)11-24/h7-10,12-13,16,24H,11H2,1-6H3,(H,21,26)(H,22,25)(H,23,27)/t13-,16-/m0/s1. The predicted octanol–water partition coefficient (Wildman–Crippen LogP) is 2.17. The summed E-state index contributed by atoms with van der Waals surface area (Å²) < 4.78 is 5.19. The van der Waals surface area contributed by atoms with Gasteiger partial charge in [0.2, 0.25) is 11.8 Å². The molecular formula is C20H31N3O5. The van der Waals surface area contributed by atoms with E-state index in [0.29, 0.717) is 11.3 Å². The fourth-order valence-electron chi connectivity index (χ4n) is 2.36. The van der Waals surface area contributed by atoms with E-state index in [1.54, 1.807) is 65.8 Å². The van der Waals surface area contributed by atoms with Crippen molar-refractivity contribution in [2.75, 3.05) is 5.32 Å². The summed E-state index contributed by atoms with van der Waals surface area (Å²) in [7, 11) is 0. The number of carbonyl (C=O) groups is 3. The van der Waals surface area contributed by atoms with Crippen molar-refractivity contribution in [3.63, 3.8) is 0 Å². The lowest BCUT2D eigenvalue weighted by Gasteiger charge is -2.26. The Morgan fingerprint density at radius 2 is 1.64 bits per heavy atom. The van der Waals surface area contributed by atoms with E-state index in [1.165, 1.54) is 0 Å². The van der Waals surface area contributed by atoms with Crippen LogP contribution in [0, 0.1) is 5.92 Å². The summed E-state index contributed by atoms with van der Waals surface area (Å²) in [5.41, 5.74) is 0.361. The third-order valence-electron chi connectivity index (χ3n) is 3.82. The molecule has 0 saturated carbocycles. The lowest BCUT2D eigenvalue weighted by atomic mass is 10.0. The number of hydrogen-bond donors (Lipinski definition) is 4. The predicted molar refractivity (Wildman–Crippen MR) is 107 cm³/mol. The number of hydrogen-bond acceptors (Lipinski definition) is 5. The maximum Gasteiger partial charge on any atom is 0.408 e. The van der Waals surface area contributed by atoms with Crippen LogP contribution in [-0.4, -0.2) is 40.7 Å². The highest BCUT2D eigenvalue weighted by molar-refractivity contribution is 5.98. The maximum absolute atomic E-state index is 12.6. The van der Waals surface area contributed by atoms with Crippen LogP contribution >= 0.6 is 0 Å². The Balaban J connectivity index is 2.73. The van der Waals surface area contributed by atoms with E-state index in [1.807, 2.05) is 0 Å². The average molecular weight is 393 g/mol. The van der Waals surface area contributed by atoms with Crippen molar-refractivity contribution in [2.45, 2.75) is 65.8 Å². The Hall–Kier alpha value is -2.61. The quantitative estimate of drug-likeness (QED) is 0.566. The number of ether oxygens (including phenoxy) is 1. The molecule has 4 N–H and O–H groups in total. The average Bonchev–Trinajstić information content (AvgIpc) is 2.58. The van der Waals surface area contributed by atoms with Gasteiger partial charge >= 0.3 is 6.09 Å². The molecule has 156 valence electrons. The fraction of sp³-hybridized carbons (Fsp3) is 0.550. The lowest BCUT2D eigenvalue weighted by molar-refractivity contribution is -0.128. The third-order valence-corrected chi connectivity index (χ3v) is 3.82. The second-order valence-corrected chi connectivity index (χ2v) is 7.90. The van der Waals surface area contributed by atoms with Gasteiger partial charge in [0.15, 0.2) is 0 Å². The molecule has 0 heterocycles. The SMILES string of the molecule is CC(C)[C@H](NC(=O)OC(C)(C)C)C(=O)N[C@@H](C)C(=O)Nc1ccccc1CO. The number of nitrogens with one attached hydrogen (secondary N) is 3. The maximum atomic E-state index is 12.6. The molecule has 0 bridgehead atoms. The molecule has 3 amide bonds. The van der Waals surface area contributed by atoms with Crippen LogP contribution in [0.3, 0.4) is 0 Å². The van der Waals surface area contributed by atoms with Crippen LogP contribution in [0.5, 0.6) is 0 Å². The minimum absolute atomic E-state index is 0.210. The van der Waals surface area contributed by atoms with E-state index in [9.17, 15) is 19.5 Å². The number of para-hydroxylation sites is 1. The van der Waals surface area contributed by atoms with Crippen molar-refractivity contribution in [3.8, 4) is 0 Å². The van der Waals surface area contributed by atoms with Crippen LogP contribution in [0.4, 0.5) is 10.5 Å². The molecule has 0 spiro atoms. The summed E-state index contributed by atoms with van der Waals surface area (Å²) >= 11 is 0. The van der Waals surface area contributed by atoms with E-state index in [-0.39, 0.29) is 12.5 Å². The highest BCUT2D eigenvalue weighted by Gasteiger charge is 2.29. The van der Waals surface area contributed by atoms with Gasteiger partial charge in [-0.3, -0.25) is 9.59 Å². The van der Waals surface area contributed by atoms with Crippen LogP contribution < -0.4 is 16.0 Å². The van der Waals surface area contributed by atoms with Crippen molar-refractivity contribution in [3.05, 3.63) is 29.8 Å². The smallest absolute Gasteiger partial charge is 0.408 e. The number of anilines is 1. The first-order valence-electron chi connectivity index (χ1n) is 9.24. The zero-order chi connectivity index (χ0) is 21.5. The Bertz CT molecular complexity index is 697. The summed E-state index contributed by atoms with van der Waals surface area (Å²) in [6.45, 7) is 10.1. The number of rotatable bonds is 7. The zero-order valence-electron chi connectivity index (χ0n) is 17.3. The minimum atomic E-state index is -0.852. The van der Waals surface area contributed by atoms with Crippen molar-refractivity contribution < 1.29 is 24.2 Å². The first-order valence-corrected chi connectivity index (χ1v) is 9.24. The summed E-state index contributed by atoms with van der Waals surface area (Å²) in [6, 6.07) is 5.15. The number of amides is 3. The van der Waals surface area contributed by atoms with E-state index in [2.05, 4.69) is 16.0 Å². The second-order valence-electron chi connectivity index (χ2n) is 7.90. The molecule has 1 aromatic carbocycles. The van der Waals surface area contributed by atoms with Gasteiger partial charge < -0.3 is 25.8 Å². The van der Waals surface area contributed by atoms with Gasteiger partial charge in [0.05, 0.1) is 6.61 Å². The molecule has 0 aliphatic carbocycles. The molecule has 0 saturated heterocycles. The van der Waals surface area contributed by atoms with Crippen LogP contribution in [0.1, 0.15) is 47.1 Å². The van der Waals surface area contributed by atoms with Gasteiger partial charge in [-0.25, -0.2) is 4.79 Å². The number of aliphatic hydroxyl groups excluding tert-OH is 1. The van der Waals surface area contributed by atoms with Crippen molar-refractivity contribution in [1.29, 1.82) is 0 Å². The molecule has 1 aromatic rings. The summed E-state index contributed by atoms with van der Waals surface area (Å²) in [5.74, 6) is -1.13. The minimum Gasteiger partial charge on any atom is -0.444 e. The van der Waals surface area contributed by atoms with Crippen LogP contribution in [0.15, 0.2) is 24.3 Å². The van der Waals surface area contributed by atoms with Crippen LogP contribution in [-0.2, 0) is 20.9 Å². The number of carbonyl (C=O) groups excluding carboxylic acids is 3. The molecular weight excluding hydrogens is 362 g/mol. The Morgan fingerprint density at radius 1 is 1.04 bits per heavy atom. The molecule has 0 aliphatic rings. The molecule has 0 fully saturated rings. The second kappa shape index (κ2) is 10.1. The Kier molecular flexibility index (Phi) is 8.43. The van der Waals surface area contributed by atoms with Gasteiger partial charge in [0, 0.05) is 11.3 Å². The van der Waals surface area contributed by atoms with Gasteiger partial charge in [-0.1, -0.05) is 32.0 Å². The number of alkyl carbamates (subject to hydrolysis) is 1. The fourth-order valence-corrected chi connectivity index (χ4v) is 2.36. The third kappa shape index (κ3) is 7.56. The first kappa shape index (κ1) is 23.4. The Morgan fingerprint density at radius 3 is 2.18 bits per heavy atom. The van der Waals surface area contributed by atoms with Crippen LogP contribution in [0.25, 0.3) is 0 Å². The first-order chi connectivity index (χ1) is 12.9. The zero-order valence-corrected chi connectivity index (χ0v) is 17.3. The van der Waals surface area contributed by atoms with Gasteiger partial charge in [0.25, 0.3) is 0 Å². The normalized spacial score (nSPS) is 13.4. The van der Waals surface area contributed by atoms with Crippen molar-refractivity contribution in [2.24, 2.45) is 5.92 Å². The monoisotopic (exact) mass is 393 g/mol. The summed E-state index contributed by atoms with van der Waals surface area (Å²) in [4.78, 5) is 37.0. The molecule has 0 radical (unpaired) electrons. The van der Waals surface area contributed by atoms with E-state index >= 15 is 0 Å². The molecule has 28 heavy (non-hydrogen) atoms. The van der Waals surface area contributed by atoms with Gasteiger partial charge in [0.1, 0.15) is 17.7 Å². The number of aliphatic hydroxyl groups is 1. The van der Waals surface area contributed by atoms with Gasteiger partial charge in [-0.2, -0.15) is 0 Å². The highest BCUT2D eigenvalue weighted by atomic mass is 16.6. The summed E-state index contributed by atoms with van der Waals surface area (Å²) in [5, 5.41) is 17.2. The molecule has 0 unspecified atom stereocenters. The van der Waals surface area contributed by atoms with Gasteiger partial charge in [-0.15, -0.1) is 0 Å². The molecule has 1 rings (SSSR count). The molecule has 8 heteroatoms. The molecule has 0 aromatic heterocycles. The van der Waals surface area contributed by atoms with Crippen LogP contribution in [0.2, 0.25) is 0 Å². The van der Waals surface area contributed by atoms with Gasteiger partial charge in [-0.05, 0) is 39.7 Å². The Labute approximate surface area is 166 Å². The van der Waals surface area contributed by atoms with Crippen molar-refractivity contribution >= 4 is 23.6 Å². The van der Waals surface area contributed by atoms with E-state index in [4.69, 9.17) is 4.74 Å².